The monoisotopic (exact) mass is 411 g/mol. The molecule has 5 nitrogen and oxygen atoms in total. The van der Waals surface area contributed by atoms with Crippen molar-refractivity contribution in [3.8, 4) is 5.75 Å². The zero-order chi connectivity index (χ0) is 20.3. The predicted molar refractivity (Wildman–Crippen MR) is 114 cm³/mol. The molecule has 0 atom stereocenters. The molecule has 1 aromatic carbocycles. The normalized spacial score (nSPS) is 12.5. The molecule has 0 fully saturated rings. The van der Waals surface area contributed by atoms with Crippen LogP contribution in [0.3, 0.4) is 0 Å². The van der Waals surface area contributed by atoms with Gasteiger partial charge in [-0.1, -0.05) is 19.6 Å². The molecule has 146 valence electrons. The van der Waals surface area contributed by atoms with Crippen LogP contribution in [0.25, 0.3) is 0 Å². The zero-order valence-corrected chi connectivity index (χ0v) is 20.6. The maximum atomic E-state index is 13.0. The molecule has 1 rings (SSSR count). The summed E-state index contributed by atoms with van der Waals surface area (Å²) in [6.07, 6.45) is 0. The van der Waals surface area contributed by atoms with Gasteiger partial charge in [-0.05, 0) is 63.5 Å². The molecular formula is C18H33NO4Si3. The molecule has 0 aromatic heterocycles. The van der Waals surface area contributed by atoms with Crippen molar-refractivity contribution in [2.75, 3.05) is 6.54 Å². The minimum atomic E-state index is -2.05. The van der Waals surface area contributed by atoms with Crippen LogP contribution in [0.2, 0.25) is 58.9 Å². The van der Waals surface area contributed by atoms with Crippen molar-refractivity contribution < 1.29 is 18.4 Å². The van der Waals surface area contributed by atoms with Crippen molar-refractivity contribution in [3.63, 3.8) is 0 Å². The highest BCUT2D eigenvalue weighted by atomic mass is 28.4. The number of amides is 1. The fourth-order valence-electron chi connectivity index (χ4n) is 2.29. The standard InChI is InChI=1S/C18H33NO4Si3/c1-24(2,3)19(14-17(20)23-26(7,8)9)18(21)15-10-12-16(13-11-15)22-25(4,5)6/h10-13H,14H2,1-9H3. The van der Waals surface area contributed by atoms with Gasteiger partial charge >= 0.3 is 5.97 Å². The summed E-state index contributed by atoms with van der Waals surface area (Å²) in [4.78, 5) is 25.3. The molecular weight excluding hydrogens is 378 g/mol. The predicted octanol–water partition coefficient (Wildman–Crippen LogP) is 4.56. The highest BCUT2D eigenvalue weighted by Crippen LogP contribution is 2.20. The fraction of sp³-hybridized carbons (Fsp3) is 0.556. The van der Waals surface area contributed by atoms with Crippen molar-refractivity contribution in [2.45, 2.75) is 58.9 Å². The van der Waals surface area contributed by atoms with E-state index < -0.39 is 24.9 Å². The Balaban J connectivity index is 2.98. The summed E-state index contributed by atoms with van der Waals surface area (Å²) < 4.78 is 13.2. The van der Waals surface area contributed by atoms with E-state index in [1.165, 1.54) is 0 Å². The van der Waals surface area contributed by atoms with Crippen LogP contribution >= 0.6 is 0 Å². The van der Waals surface area contributed by atoms with E-state index in [0.717, 1.165) is 5.75 Å². The third-order valence-electron chi connectivity index (χ3n) is 3.29. The van der Waals surface area contributed by atoms with E-state index in [-0.39, 0.29) is 18.4 Å². The summed E-state index contributed by atoms with van der Waals surface area (Å²) in [5, 5.41) is 0. The Hall–Kier alpha value is -1.39. The molecule has 0 aliphatic carbocycles. The number of hydrogen-bond donors (Lipinski definition) is 0. The average molecular weight is 412 g/mol. The molecule has 0 heterocycles. The quantitative estimate of drug-likeness (QED) is 0.617. The van der Waals surface area contributed by atoms with Gasteiger partial charge in [0.2, 0.25) is 22.5 Å². The van der Waals surface area contributed by atoms with Gasteiger partial charge in [0, 0.05) is 5.56 Å². The lowest BCUT2D eigenvalue weighted by Gasteiger charge is -2.34. The van der Waals surface area contributed by atoms with E-state index in [2.05, 4.69) is 39.3 Å². The number of carbonyl (C=O) groups excluding carboxylic acids is 2. The SMILES string of the molecule is C[Si](C)(C)OC(=O)CN(C(=O)c1ccc(O[Si](C)(C)C)cc1)[Si](C)(C)C. The van der Waals surface area contributed by atoms with Gasteiger partial charge in [0.05, 0.1) is 0 Å². The van der Waals surface area contributed by atoms with Crippen molar-refractivity contribution in [1.29, 1.82) is 0 Å². The minimum absolute atomic E-state index is 0.00593. The smallest absolute Gasteiger partial charge is 0.311 e. The highest BCUT2D eigenvalue weighted by Gasteiger charge is 2.33. The number of benzene rings is 1. The molecule has 0 aliphatic rings. The Morgan fingerprint density at radius 3 is 1.73 bits per heavy atom. The van der Waals surface area contributed by atoms with Crippen LogP contribution < -0.4 is 4.43 Å². The summed E-state index contributed by atoms with van der Waals surface area (Å²) in [5.41, 5.74) is 0.566. The Kier molecular flexibility index (Phi) is 7.05. The first-order valence-corrected chi connectivity index (χ1v) is 19.2. The molecule has 0 aliphatic heterocycles. The molecule has 0 N–H and O–H groups in total. The largest absolute Gasteiger partial charge is 0.544 e. The van der Waals surface area contributed by atoms with E-state index in [0.29, 0.717) is 5.56 Å². The molecule has 1 aromatic rings. The van der Waals surface area contributed by atoms with Crippen molar-refractivity contribution in [3.05, 3.63) is 29.8 Å². The summed E-state index contributed by atoms with van der Waals surface area (Å²) in [7, 11) is -5.71. The second-order valence-corrected chi connectivity index (χ2v) is 23.1. The average Bonchev–Trinajstić information content (AvgIpc) is 2.40. The van der Waals surface area contributed by atoms with E-state index in [1.807, 2.05) is 31.8 Å². The maximum absolute atomic E-state index is 13.0. The van der Waals surface area contributed by atoms with Crippen LogP contribution in [0.1, 0.15) is 10.4 Å². The van der Waals surface area contributed by atoms with E-state index >= 15 is 0 Å². The second-order valence-electron chi connectivity index (χ2n) is 9.39. The van der Waals surface area contributed by atoms with Gasteiger partial charge in [0.25, 0.3) is 0 Å². The first kappa shape index (κ1) is 22.7. The van der Waals surface area contributed by atoms with E-state index in [1.54, 1.807) is 16.7 Å². The topological polar surface area (TPSA) is 55.8 Å². The summed E-state index contributed by atoms with van der Waals surface area (Å²) in [6.45, 7) is 18.4. The van der Waals surface area contributed by atoms with Crippen LogP contribution in [0, 0.1) is 0 Å². The lowest BCUT2D eigenvalue weighted by Crippen LogP contribution is -2.53. The highest BCUT2D eigenvalue weighted by molar-refractivity contribution is 6.76. The Labute approximate surface area is 161 Å². The molecule has 0 saturated carbocycles. The minimum Gasteiger partial charge on any atom is -0.544 e. The molecule has 1 amide bonds. The zero-order valence-electron chi connectivity index (χ0n) is 17.6. The lowest BCUT2D eigenvalue weighted by molar-refractivity contribution is -0.135. The van der Waals surface area contributed by atoms with Crippen LogP contribution in [-0.4, -0.2) is 47.9 Å². The van der Waals surface area contributed by atoms with Crippen molar-refractivity contribution in [2.24, 2.45) is 0 Å². The summed E-state index contributed by atoms with van der Waals surface area (Å²) >= 11 is 0. The molecule has 26 heavy (non-hydrogen) atoms. The molecule has 0 unspecified atom stereocenters. The van der Waals surface area contributed by atoms with Crippen LogP contribution in [0.15, 0.2) is 24.3 Å². The van der Waals surface area contributed by atoms with Gasteiger partial charge in [-0.15, -0.1) is 0 Å². The van der Waals surface area contributed by atoms with Crippen LogP contribution in [0.4, 0.5) is 0 Å². The lowest BCUT2D eigenvalue weighted by atomic mass is 10.2. The number of nitrogens with zero attached hydrogens (tertiary/aromatic N) is 1. The fourth-order valence-corrected chi connectivity index (χ4v) is 5.22. The van der Waals surface area contributed by atoms with Gasteiger partial charge in [0.15, 0.2) is 8.24 Å². The van der Waals surface area contributed by atoms with Crippen molar-refractivity contribution in [1.82, 2.24) is 4.57 Å². The Morgan fingerprint density at radius 2 is 1.35 bits per heavy atom. The van der Waals surface area contributed by atoms with Crippen LogP contribution in [-0.2, 0) is 9.22 Å². The molecule has 0 spiro atoms. The third kappa shape index (κ3) is 7.88. The Bertz CT molecular complexity index is 640. The second kappa shape index (κ2) is 8.10. The molecule has 0 saturated heterocycles. The van der Waals surface area contributed by atoms with Gasteiger partial charge < -0.3 is 13.4 Å². The Morgan fingerprint density at radius 1 is 0.846 bits per heavy atom. The van der Waals surface area contributed by atoms with Gasteiger partial charge in [0.1, 0.15) is 12.3 Å². The van der Waals surface area contributed by atoms with E-state index in [9.17, 15) is 9.59 Å². The first-order chi connectivity index (χ1) is 11.6. The first-order valence-electron chi connectivity index (χ1n) is 8.91. The third-order valence-corrected chi connectivity index (χ3v) is 6.96. The van der Waals surface area contributed by atoms with Crippen LogP contribution in [0.5, 0.6) is 5.75 Å². The van der Waals surface area contributed by atoms with Gasteiger partial charge in [-0.3, -0.25) is 9.59 Å². The molecule has 8 heteroatoms. The summed E-state index contributed by atoms with van der Waals surface area (Å²) in [5.74, 6) is 0.327. The summed E-state index contributed by atoms with van der Waals surface area (Å²) in [6, 6.07) is 7.20. The maximum Gasteiger partial charge on any atom is 0.311 e. The molecule has 0 radical (unpaired) electrons. The van der Waals surface area contributed by atoms with Gasteiger partial charge in [-0.25, -0.2) is 0 Å². The number of carbonyl (C=O) groups is 2. The van der Waals surface area contributed by atoms with Crippen molar-refractivity contribution >= 4 is 36.7 Å². The number of hydrogen-bond acceptors (Lipinski definition) is 4. The molecule has 0 bridgehead atoms. The van der Waals surface area contributed by atoms with E-state index in [4.69, 9.17) is 8.85 Å². The van der Waals surface area contributed by atoms with Gasteiger partial charge in [-0.2, -0.15) is 0 Å². The number of rotatable bonds is 7.